The Kier molecular flexibility index (Phi) is 6.35. The van der Waals surface area contributed by atoms with Crippen molar-refractivity contribution in [3.63, 3.8) is 0 Å². The number of nitriles is 1. The molecule has 0 aliphatic carbocycles. The molecular weight excluding hydrogens is 338 g/mol. The van der Waals surface area contributed by atoms with E-state index in [9.17, 15) is 10.1 Å². The maximum Gasteiger partial charge on any atom is 0.209 e. The SMILES string of the molecule is N#CC(OCc1ccccc1)C(=O)c1ccccc1OCc1ccccc1. The third kappa shape index (κ3) is 5.04. The summed E-state index contributed by atoms with van der Waals surface area (Å²) in [6.45, 7) is 0.533. The molecule has 1 unspecified atom stereocenters. The van der Waals surface area contributed by atoms with Crippen molar-refractivity contribution in [3.05, 3.63) is 102 Å². The number of Topliss-reactive ketones (excluding diaryl/α,β-unsaturated/α-hetero) is 1. The van der Waals surface area contributed by atoms with Crippen LogP contribution < -0.4 is 4.74 Å². The Balaban J connectivity index is 1.70. The minimum absolute atomic E-state index is 0.192. The monoisotopic (exact) mass is 357 g/mol. The van der Waals surface area contributed by atoms with Crippen LogP contribution in [0.1, 0.15) is 21.5 Å². The Hall–Kier alpha value is -3.42. The first-order valence-electron chi connectivity index (χ1n) is 8.63. The minimum atomic E-state index is -1.19. The second kappa shape index (κ2) is 9.33. The van der Waals surface area contributed by atoms with Gasteiger partial charge in [-0.15, -0.1) is 0 Å². The van der Waals surface area contributed by atoms with E-state index in [0.717, 1.165) is 11.1 Å². The fraction of sp³-hybridized carbons (Fsp3) is 0.130. The number of rotatable bonds is 8. The van der Waals surface area contributed by atoms with Gasteiger partial charge >= 0.3 is 0 Å². The molecule has 3 rings (SSSR count). The average Bonchev–Trinajstić information content (AvgIpc) is 2.74. The van der Waals surface area contributed by atoms with Crippen molar-refractivity contribution in [2.75, 3.05) is 0 Å². The molecule has 0 aliphatic rings. The summed E-state index contributed by atoms with van der Waals surface area (Å²) in [5.74, 6) is 0.0343. The van der Waals surface area contributed by atoms with Crippen LogP contribution in [0.4, 0.5) is 0 Å². The van der Waals surface area contributed by atoms with Crippen molar-refractivity contribution in [1.29, 1.82) is 5.26 Å². The molecule has 0 saturated carbocycles. The van der Waals surface area contributed by atoms with Gasteiger partial charge in [-0.2, -0.15) is 5.26 Å². The molecule has 134 valence electrons. The molecule has 0 bridgehead atoms. The molecule has 4 heteroatoms. The number of hydrogen-bond acceptors (Lipinski definition) is 4. The smallest absolute Gasteiger partial charge is 0.209 e. The third-order valence-electron chi connectivity index (χ3n) is 4.00. The summed E-state index contributed by atoms with van der Waals surface area (Å²) >= 11 is 0. The van der Waals surface area contributed by atoms with Gasteiger partial charge in [0.1, 0.15) is 18.4 Å². The molecule has 0 fully saturated rings. The van der Waals surface area contributed by atoms with Gasteiger partial charge in [-0.05, 0) is 23.3 Å². The molecule has 0 N–H and O–H groups in total. The summed E-state index contributed by atoms with van der Waals surface area (Å²) in [5.41, 5.74) is 2.24. The van der Waals surface area contributed by atoms with Crippen LogP contribution in [0.3, 0.4) is 0 Å². The van der Waals surface area contributed by atoms with E-state index in [-0.39, 0.29) is 6.61 Å². The van der Waals surface area contributed by atoms with E-state index in [1.165, 1.54) is 0 Å². The van der Waals surface area contributed by atoms with Crippen LogP contribution in [0.15, 0.2) is 84.9 Å². The van der Waals surface area contributed by atoms with Crippen LogP contribution in [-0.4, -0.2) is 11.9 Å². The number of para-hydroxylation sites is 1. The highest BCUT2D eigenvalue weighted by atomic mass is 16.5. The van der Waals surface area contributed by atoms with Crippen molar-refractivity contribution in [3.8, 4) is 11.8 Å². The van der Waals surface area contributed by atoms with Gasteiger partial charge in [-0.1, -0.05) is 72.8 Å². The number of ketones is 1. The Morgan fingerprint density at radius 1 is 0.815 bits per heavy atom. The molecule has 3 aromatic carbocycles. The summed E-state index contributed by atoms with van der Waals surface area (Å²) in [5, 5.41) is 9.40. The number of carbonyl (C=O) groups is 1. The first-order valence-corrected chi connectivity index (χ1v) is 8.63. The molecule has 0 radical (unpaired) electrons. The average molecular weight is 357 g/mol. The van der Waals surface area contributed by atoms with Gasteiger partial charge in [0.05, 0.1) is 12.2 Å². The molecule has 0 saturated heterocycles. The molecule has 0 heterocycles. The fourth-order valence-electron chi connectivity index (χ4n) is 2.60. The van der Waals surface area contributed by atoms with Gasteiger partial charge in [0.15, 0.2) is 0 Å². The van der Waals surface area contributed by atoms with E-state index >= 15 is 0 Å². The Morgan fingerprint density at radius 2 is 1.37 bits per heavy atom. The Morgan fingerprint density at radius 3 is 2.00 bits per heavy atom. The number of carbonyl (C=O) groups excluding carboxylic acids is 1. The first kappa shape index (κ1) is 18.4. The molecular formula is C23H19NO3. The Bertz CT molecular complexity index is 917. The minimum Gasteiger partial charge on any atom is -0.488 e. The number of benzene rings is 3. The highest BCUT2D eigenvalue weighted by Gasteiger charge is 2.23. The molecule has 4 nitrogen and oxygen atoms in total. The van der Waals surface area contributed by atoms with Crippen molar-refractivity contribution < 1.29 is 14.3 Å². The van der Waals surface area contributed by atoms with Gasteiger partial charge in [0.25, 0.3) is 0 Å². The maximum atomic E-state index is 12.8. The summed E-state index contributed by atoms with van der Waals surface area (Å²) in [4.78, 5) is 12.8. The van der Waals surface area contributed by atoms with Gasteiger partial charge in [-0.25, -0.2) is 0 Å². The highest BCUT2D eigenvalue weighted by molar-refractivity contribution is 6.03. The van der Waals surface area contributed by atoms with Crippen LogP contribution in [0.2, 0.25) is 0 Å². The standard InChI is InChI=1S/C23H19NO3/c24-15-22(27-17-19-11-5-2-6-12-19)23(25)20-13-7-8-14-21(20)26-16-18-9-3-1-4-10-18/h1-14,22H,16-17H2. The predicted molar refractivity (Wildman–Crippen MR) is 102 cm³/mol. The van der Waals surface area contributed by atoms with Crippen molar-refractivity contribution in [2.24, 2.45) is 0 Å². The zero-order chi connectivity index (χ0) is 18.9. The second-order valence-electron chi connectivity index (χ2n) is 5.94. The van der Waals surface area contributed by atoms with E-state index in [0.29, 0.717) is 17.9 Å². The van der Waals surface area contributed by atoms with Gasteiger partial charge < -0.3 is 9.47 Å². The van der Waals surface area contributed by atoms with Gasteiger partial charge in [0, 0.05) is 0 Å². The van der Waals surface area contributed by atoms with Crippen LogP contribution in [0.25, 0.3) is 0 Å². The summed E-state index contributed by atoms with van der Waals surface area (Å²) in [6, 6.07) is 28.0. The predicted octanol–water partition coefficient (Wildman–Crippen LogP) is 4.56. The lowest BCUT2D eigenvalue weighted by Gasteiger charge is -2.14. The van der Waals surface area contributed by atoms with E-state index in [4.69, 9.17) is 9.47 Å². The van der Waals surface area contributed by atoms with Crippen LogP contribution in [0, 0.1) is 11.3 Å². The summed E-state index contributed by atoms with van der Waals surface area (Å²) < 4.78 is 11.4. The molecule has 0 spiro atoms. The van der Waals surface area contributed by atoms with E-state index in [1.807, 2.05) is 66.7 Å². The molecule has 0 aliphatic heterocycles. The van der Waals surface area contributed by atoms with Crippen molar-refractivity contribution in [2.45, 2.75) is 19.3 Å². The normalized spacial score (nSPS) is 11.4. The van der Waals surface area contributed by atoms with Gasteiger partial charge in [-0.3, -0.25) is 4.79 Å². The van der Waals surface area contributed by atoms with Gasteiger partial charge in [0.2, 0.25) is 11.9 Å². The van der Waals surface area contributed by atoms with E-state index in [2.05, 4.69) is 0 Å². The van der Waals surface area contributed by atoms with E-state index < -0.39 is 11.9 Å². The number of hydrogen-bond donors (Lipinski definition) is 0. The molecule has 0 aromatic heterocycles. The quantitative estimate of drug-likeness (QED) is 0.555. The van der Waals surface area contributed by atoms with Crippen LogP contribution in [0.5, 0.6) is 5.75 Å². The lowest BCUT2D eigenvalue weighted by molar-refractivity contribution is 0.0532. The Labute approximate surface area is 158 Å². The first-order chi connectivity index (χ1) is 13.3. The molecule has 3 aromatic rings. The largest absolute Gasteiger partial charge is 0.488 e. The lowest BCUT2D eigenvalue weighted by atomic mass is 10.1. The zero-order valence-electron chi connectivity index (χ0n) is 14.7. The maximum absolute atomic E-state index is 12.8. The summed E-state index contributed by atoms with van der Waals surface area (Å²) in [6.07, 6.45) is -1.19. The number of nitrogens with zero attached hydrogens (tertiary/aromatic N) is 1. The third-order valence-corrected chi connectivity index (χ3v) is 4.00. The zero-order valence-corrected chi connectivity index (χ0v) is 14.7. The fourth-order valence-corrected chi connectivity index (χ4v) is 2.60. The highest BCUT2D eigenvalue weighted by Crippen LogP contribution is 2.22. The molecule has 0 amide bonds. The van der Waals surface area contributed by atoms with E-state index in [1.54, 1.807) is 24.3 Å². The van der Waals surface area contributed by atoms with Crippen molar-refractivity contribution >= 4 is 5.78 Å². The molecule has 1 atom stereocenters. The van der Waals surface area contributed by atoms with Crippen molar-refractivity contribution in [1.82, 2.24) is 0 Å². The van der Waals surface area contributed by atoms with Crippen LogP contribution >= 0.6 is 0 Å². The summed E-state index contributed by atoms with van der Waals surface area (Å²) in [7, 11) is 0. The second-order valence-corrected chi connectivity index (χ2v) is 5.94. The topological polar surface area (TPSA) is 59.3 Å². The van der Waals surface area contributed by atoms with Crippen LogP contribution in [-0.2, 0) is 18.0 Å². The number of ether oxygens (including phenoxy) is 2. The lowest BCUT2D eigenvalue weighted by Crippen LogP contribution is -2.23. The molecule has 27 heavy (non-hydrogen) atoms.